The summed E-state index contributed by atoms with van der Waals surface area (Å²) in [5.41, 5.74) is 2.85. The molecule has 0 radical (unpaired) electrons. The minimum atomic E-state index is -0.335. The molecule has 9 heteroatoms. The molecule has 0 aliphatic rings. The Labute approximate surface area is 198 Å². The van der Waals surface area contributed by atoms with Crippen molar-refractivity contribution in [1.29, 1.82) is 0 Å². The number of hydrogen-bond donors (Lipinski definition) is 2. The van der Waals surface area contributed by atoms with Crippen LogP contribution < -0.4 is 15.6 Å². The smallest absolute Gasteiger partial charge is 0.263 e. The average Bonchev–Trinajstić information content (AvgIpc) is 3.45. The van der Waals surface area contributed by atoms with E-state index >= 15 is 0 Å². The number of amides is 1. The van der Waals surface area contributed by atoms with Crippen LogP contribution in [-0.2, 0) is 13.2 Å². The zero-order valence-electron chi connectivity index (χ0n) is 18.2. The lowest BCUT2D eigenvalue weighted by Gasteiger charge is -2.09. The predicted molar refractivity (Wildman–Crippen MR) is 129 cm³/mol. The standard InChI is InChI=1S/C25H20N4O4S/c1-15-22(24(31)27-13-20-29-17-9-5-6-10-18(17)33-20)34-25(28-15)21-19(11-12-26-23(21)30)32-14-16-7-3-2-4-8-16/h2-12H,13-14H2,1H3,(H,26,30)(H,27,31). The number of pyridine rings is 1. The number of fused-ring (bicyclic) bond motifs is 1. The summed E-state index contributed by atoms with van der Waals surface area (Å²) < 4.78 is 11.6. The minimum Gasteiger partial charge on any atom is -0.488 e. The Morgan fingerprint density at radius 2 is 1.88 bits per heavy atom. The van der Waals surface area contributed by atoms with Gasteiger partial charge in [-0.1, -0.05) is 42.5 Å². The van der Waals surface area contributed by atoms with Crippen LogP contribution in [0.3, 0.4) is 0 Å². The molecule has 2 N–H and O–H groups in total. The predicted octanol–water partition coefficient (Wildman–Crippen LogP) is 4.46. The molecule has 0 bridgehead atoms. The Bertz CT molecular complexity index is 1490. The first-order valence-corrected chi connectivity index (χ1v) is 11.4. The molecule has 0 saturated heterocycles. The number of oxazole rings is 1. The van der Waals surface area contributed by atoms with E-state index in [-0.39, 0.29) is 18.0 Å². The van der Waals surface area contributed by atoms with Crippen molar-refractivity contribution in [3.8, 4) is 16.3 Å². The van der Waals surface area contributed by atoms with Crippen molar-refractivity contribution in [1.82, 2.24) is 20.3 Å². The van der Waals surface area contributed by atoms with E-state index in [9.17, 15) is 9.59 Å². The van der Waals surface area contributed by atoms with Gasteiger partial charge in [-0.3, -0.25) is 9.59 Å². The number of ether oxygens (including phenoxy) is 1. The summed E-state index contributed by atoms with van der Waals surface area (Å²) in [6.45, 7) is 2.17. The molecule has 0 saturated carbocycles. The van der Waals surface area contributed by atoms with Crippen molar-refractivity contribution in [2.24, 2.45) is 0 Å². The third kappa shape index (κ3) is 4.46. The van der Waals surface area contributed by atoms with Gasteiger partial charge in [0.2, 0.25) is 5.89 Å². The molecule has 0 spiro atoms. The number of carbonyl (C=O) groups is 1. The van der Waals surface area contributed by atoms with Gasteiger partial charge in [0.05, 0.1) is 12.2 Å². The highest BCUT2D eigenvalue weighted by Gasteiger charge is 2.21. The Morgan fingerprint density at radius 1 is 1.09 bits per heavy atom. The van der Waals surface area contributed by atoms with Crippen molar-refractivity contribution in [2.45, 2.75) is 20.1 Å². The molecule has 34 heavy (non-hydrogen) atoms. The number of nitrogens with one attached hydrogen (secondary N) is 2. The van der Waals surface area contributed by atoms with Gasteiger partial charge in [0.1, 0.15) is 33.3 Å². The van der Waals surface area contributed by atoms with Gasteiger partial charge in [0.25, 0.3) is 11.5 Å². The topological polar surface area (TPSA) is 110 Å². The summed E-state index contributed by atoms with van der Waals surface area (Å²) in [5, 5.41) is 3.23. The maximum absolute atomic E-state index is 12.9. The van der Waals surface area contributed by atoms with Crippen molar-refractivity contribution in [3.05, 3.63) is 99.2 Å². The molecule has 0 unspecified atom stereocenters. The van der Waals surface area contributed by atoms with E-state index in [1.165, 1.54) is 6.20 Å². The quantitative estimate of drug-likeness (QED) is 0.362. The van der Waals surface area contributed by atoms with Crippen molar-refractivity contribution in [2.75, 3.05) is 0 Å². The first-order chi connectivity index (χ1) is 16.6. The largest absolute Gasteiger partial charge is 0.488 e. The normalized spacial score (nSPS) is 11.0. The molecule has 3 aromatic heterocycles. The van der Waals surface area contributed by atoms with Crippen LogP contribution in [0.5, 0.6) is 5.75 Å². The number of carbonyl (C=O) groups excluding carboxylic acids is 1. The third-order valence-corrected chi connectivity index (χ3v) is 6.29. The van der Waals surface area contributed by atoms with E-state index in [0.717, 1.165) is 22.4 Å². The van der Waals surface area contributed by atoms with E-state index in [4.69, 9.17) is 9.15 Å². The Morgan fingerprint density at radius 3 is 2.71 bits per heavy atom. The van der Waals surface area contributed by atoms with Crippen LogP contribution in [-0.4, -0.2) is 20.9 Å². The lowest BCUT2D eigenvalue weighted by Crippen LogP contribution is -2.22. The first kappa shape index (κ1) is 21.6. The molecule has 0 atom stereocenters. The van der Waals surface area contributed by atoms with Gasteiger partial charge in [-0.15, -0.1) is 11.3 Å². The first-order valence-electron chi connectivity index (χ1n) is 10.6. The molecule has 3 heterocycles. The average molecular weight is 473 g/mol. The fourth-order valence-corrected chi connectivity index (χ4v) is 4.49. The molecule has 2 aromatic carbocycles. The zero-order valence-corrected chi connectivity index (χ0v) is 19.0. The molecule has 0 aliphatic carbocycles. The minimum absolute atomic E-state index is 0.136. The highest BCUT2D eigenvalue weighted by Crippen LogP contribution is 2.32. The van der Waals surface area contributed by atoms with Gasteiger partial charge in [0, 0.05) is 6.20 Å². The van der Waals surface area contributed by atoms with Gasteiger partial charge in [-0.05, 0) is 30.7 Å². The van der Waals surface area contributed by atoms with Crippen LogP contribution in [0.25, 0.3) is 21.7 Å². The molecule has 8 nitrogen and oxygen atoms in total. The van der Waals surface area contributed by atoms with Gasteiger partial charge < -0.3 is 19.5 Å². The second-order valence-electron chi connectivity index (χ2n) is 7.51. The van der Waals surface area contributed by atoms with Crippen LogP contribution in [0.15, 0.2) is 76.1 Å². The Hall–Kier alpha value is -4.24. The van der Waals surface area contributed by atoms with Gasteiger partial charge >= 0.3 is 0 Å². The van der Waals surface area contributed by atoms with Crippen molar-refractivity contribution in [3.63, 3.8) is 0 Å². The number of benzene rings is 2. The van der Waals surface area contributed by atoms with Crippen molar-refractivity contribution < 1.29 is 13.9 Å². The molecule has 1 amide bonds. The number of aryl methyl sites for hydroxylation is 1. The van der Waals surface area contributed by atoms with Gasteiger partial charge in [0.15, 0.2) is 5.58 Å². The highest BCUT2D eigenvalue weighted by molar-refractivity contribution is 7.17. The fraction of sp³-hybridized carbons (Fsp3) is 0.120. The van der Waals surface area contributed by atoms with E-state index in [0.29, 0.717) is 45.0 Å². The van der Waals surface area contributed by atoms with Crippen LogP contribution in [0, 0.1) is 6.92 Å². The van der Waals surface area contributed by atoms with Crippen LogP contribution in [0.1, 0.15) is 26.8 Å². The molecule has 0 fully saturated rings. The maximum atomic E-state index is 12.9. The number of hydrogen-bond acceptors (Lipinski definition) is 7. The summed E-state index contributed by atoms with van der Waals surface area (Å²) in [7, 11) is 0. The second kappa shape index (κ2) is 9.32. The molecule has 5 rings (SSSR count). The maximum Gasteiger partial charge on any atom is 0.263 e. The molecular formula is C25H20N4O4S. The summed E-state index contributed by atoms with van der Waals surface area (Å²) in [4.78, 5) is 37.4. The van der Waals surface area contributed by atoms with E-state index in [1.807, 2.05) is 54.6 Å². The number of H-pyrrole nitrogens is 1. The van der Waals surface area contributed by atoms with Crippen molar-refractivity contribution >= 4 is 28.3 Å². The highest BCUT2D eigenvalue weighted by atomic mass is 32.1. The monoisotopic (exact) mass is 472 g/mol. The van der Waals surface area contributed by atoms with Crippen LogP contribution >= 0.6 is 11.3 Å². The summed E-state index contributed by atoms with van der Waals surface area (Å²) in [6.07, 6.45) is 1.53. The molecular weight excluding hydrogens is 452 g/mol. The Kier molecular flexibility index (Phi) is 5.92. The lowest BCUT2D eigenvalue weighted by atomic mass is 10.2. The van der Waals surface area contributed by atoms with E-state index < -0.39 is 0 Å². The van der Waals surface area contributed by atoms with E-state index in [1.54, 1.807) is 13.0 Å². The third-order valence-electron chi connectivity index (χ3n) is 5.11. The number of aromatic amines is 1. The van der Waals surface area contributed by atoms with Crippen LogP contribution in [0.2, 0.25) is 0 Å². The van der Waals surface area contributed by atoms with Crippen LogP contribution in [0.4, 0.5) is 0 Å². The SMILES string of the molecule is Cc1nc(-c2c(OCc3ccccc3)cc[nH]c2=O)sc1C(=O)NCc1nc2ccccc2o1. The zero-order chi connectivity index (χ0) is 23.5. The van der Waals surface area contributed by atoms with Gasteiger partial charge in [-0.25, -0.2) is 9.97 Å². The molecule has 170 valence electrons. The summed E-state index contributed by atoms with van der Waals surface area (Å²) in [5.74, 6) is 0.496. The summed E-state index contributed by atoms with van der Waals surface area (Å²) in [6, 6.07) is 18.8. The lowest BCUT2D eigenvalue weighted by molar-refractivity contribution is 0.0950. The number of aromatic nitrogens is 3. The number of rotatable bonds is 7. The second-order valence-corrected chi connectivity index (χ2v) is 8.51. The number of para-hydroxylation sites is 2. The number of thiazole rings is 1. The summed E-state index contributed by atoms with van der Waals surface area (Å²) >= 11 is 1.14. The number of nitrogens with zero attached hydrogens (tertiary/aromatic N) is 2. The Balaban J connectivity index is 1.35. The fourth-order valence-electron chi connectivity index (χ4n) is 3.46. The molecule has 5 aromatic rings. The molecule has 0 aliphatic heterocycles. The van der Waals surface area contributed by atoms with E-state index in [2.05, 4.69) is 20.3 Å². The van der Waals surface area contributed by atoms with Gasteiger partial charge in [-0.2, -0.15) is 0 Å².